The van der Waals surface area contributed by atoms with E-state index in [0.29, 0.717) is 16.7 Å². The number of nitrogens with zero attached hydrogens (tertiary/aromatic N) is 2. The van der Waals surface area contributed by atoms with Crippen LogP contribution in [0.25, 0.3) is 6.08 Å². The fraction of sp³-hybridized carbons (Fsp3) is 0.143. The Kier molecular flexibility index (Phi) is 6.80. The molecule has 8 nitrogen and oxygen atoms in total. The fourth-order valence-electron chi connectivity index (χ4n) is 2.78. The van der Waals surface area contributed by atoms with Crippen molar-refractivity contribution in [3.8, 4) is 11.8 Å². The molecular formula is C21H15Cl2N3O5. The summed E-state index contributed by atoms with van der Waals surface area (Å²) in [5.41, 5.74) is 1.54. The summed E-state index contributed by atoms with van der Waals surface area (Å²) in [4.78, 5) is 36.4. The lowest BCUT2D eigenvalue weighted by atomic mass is 10.1. The van der Waals surface area contributed by atoms with E-state index in [1.165, 1.54) is 18.2 Å². The number of amides is 3. The van der Waals surface area contributed by atoms with Gasteiger partial charge in [0.1, 0.15) is 18.8 Å². The molecule has 1 fully saturated rings. The average Bonchev–Trinajstić information content (AvgIpc) is 3.00. The second-order valence-electron chi connectivity index (χ2n) is 6.33. The zero-order valence-electron chi connectivity index (χ0n) is 16.1. The lowest BCUT2D eigenvalue weighted by Crippen LogP contribution is -2.36. The average molecular weight is 460 g/mol. The van der Waals surface area contributed by atoms with Gasteiger partial charge in [0.05, 0.1) is 28.8 Å². The first-order chi connectivity index (χ1) is 14.8. The molecule has 1 saturated heterocycles. The van der Waals surface area contributed by atoms with E-state index >= 15 is 0 Å². The molecule has 0 spiro atoms. The van der Waals surface area contributed by atoms with Crippen LogP contribution in [0.1, 0.15) is 16.7 Å². The normalized spacial score (nSPS) is 14.4. The fourth-order valence-corrected chi connectivity index (χ4v) is 3.39. The molecule has 0 atom stereocenters. The Labute approximate surface area is 187 Å². The van der Waals surface area contributed by atoms with Gasteiger partial charge in [0.15, 0.2) is 5.75 Å². The number of rotatable bonds is 6. The number of urea groups is 1. The molecule has 1 N–H and O–H groups in total. The van der Waals surface area contributed by atoms with E-state index in [9.17, 15) is 14.4 Å². The van der Waals surface area contributed by atoms with Gasteiger partial charge in [-0.2, -0.15) is 5.26 Å². The third kappa shape index (κ3) is 4.97. The molecule has 0 unspecified atom stereocenters. The summed E-state index contributed by atoms with van der Waals surface area (Å²) in [6.07, 6.45) is 1.38. The second-order valence-corrected chi connectivity index (χ2v) is 7.14. The van der Waals surface area contributed by atoms with Gasteiger partial charge in [0.2, 0.25) is 0 Å². The highest BCUT2D eigenvalue weighted by Gasteiger charge is 2.35. The Morgan fingerprint density at radius 1 is 1.23 bits per heavy atom. The first-order valence-electron chi connectivity index (χ1n) is 8.85. The highest BCUT2D eigenvalue weighted by atomic mass is 35.5. The molecule has 1 aliphatic heterocycles. The van der Waals surface area contributed by atoms with Gasteiger partial charge in [0, 0.05) is 5.56 Å². The van der Waals surface area contributed by atoms with Crippen molar-refractivity contribution in [3.05, 3.63) is 68.8 Å². The minimum Gasteiger partial charge on any atom is -0.486 e. The molecule has 2 aromatic carbocycles. The maximum Gasteiger partial charge on any atom is 0.329 e. The van der Waals surface area contributed by atoms with Crippen molar-refractivity contribution in [3.63, 3.8) is 0 Å². The lowest BCUT2D eigenvalue weighted by molar-refractivity contribution is -0.143. The number of hydrogen-bond acceptors (Lipinski definition) is 6. The maximum absolute atomic E-state index is 12.4. The summed E-state index contributed by atoms with van der Waals surface area (Å²) in [5.74, 6) is -1.20. The highest BCUT2D eigenvalue weighted by Crippen LogP contribution is 2.35. The maximum atomic E-state index is 12.4. The number of esters is 1. The Hall–Kier alpha value is -3.54. The van der Waals surface area contributed by atoms with E-state index in [1.807, 2.05) is 0 Å². The van der Waals surface area contributed by atoms with Crippen LogP contribution in [0.3, 0.4) is 0 Å². The summed E-state index contributed by atoms with van der Waals surface area (Å²) < 4.78 is 10.2. The first kappa shape index (κ1) is 22.2. The van der Waals surface area contributed by atoms with Gasteiger partial charge in [0.25, 0.3) is 5.91 Å². The highest BCUT2D eigenvalue weighted by molar-refractivity contribution is 6.37. The van der Waals surface area contributed by atoms with Crippen LogP contribution in [-0.4, -0.2) is 36.5 Å². The molecule has 3 rings (SSSR count). The van der Waals surface area contributed by atoms with Gasteiger partial charge in [-0.1, -0.05) is 41.4 Å². The van der Waals surface area contributed by atoms with Crippen molar-refractivity contribution in [1.82, 2.24) is 10.2 Å². The van der Waals surface area contributed by atoms with Crippen molar-refractivity contribution in [1.29, 1.82) is 5.26 Å². The van der Waals surface area contributed by atoms with E-state index in [4.69, 9.17) is 33.2 Å². The molecule has 3 amide bonds. The third-order valence-electron chi connectivity index (χ3n) is 4.32. The minimum absolute atomic E-state index is 0.0438. The van der Waals surface area contributed by atoms with Crippen LogP contribution in [0.15, 0.2) is 42.1 Å². The van der Waals surface area contributed by atoms with E-state index in [1.54, 1.807) is 24.3 Å². The van der Waals surface area contributed by atoms with Crippen molar-refractivity contribution >= 4 is 47.2 Å². The number of carbonyl (C=O) groups is 3. The summed E-state index contributed by atoms with van der Waals surface area (Å²) in [6, 6.07) is 11.3. The van der Waals surface area contributed by atoms with Gasteiger partial charge in [-0.25, -0.2) is 9.69 Å². The number of nitrogens with one attached hydrogen (secondary N) is 1. The number of nitriles is 1. The number of benzene rings is 2. The quantitative estimate of drug-likeness (QED) is 0.402. The van der Waals surface area contributed by atoms with Gasteiger partial charge >= 0.3 is 12.0 Å². The third-order valence-corrected chi connectivity index (χ3v) is 4.88. The molecule has 0 aliphatic carbocycles. The number of methoxy groups -OCH3 is 1. The Morgan fingerprint density at radius 2 is 1.90 bits per heavy atom. The number of hydrogen-bond donors (Lipinski definition) is 1. The van der Waals surface area contributed by atoms with Crippen molar-refractivity contribution in [2.75, 3.05) is 13.7 Å². The zero-order valence-corrected chi connectivity index (χ0v) is 17.7. The van der Waals surface area contributed by atoms with Crippen molar-refractivity contribution in [2.24, 2.45) is 0 Å². The molecule has 0 saturated carbocycles. The molecular weight excluding hydrogens is 445 g/mol. The molecule has 1 aliphatic rings. The van der Waals surface area contributed by atoms with Gasteiger partial charge in [-0.15, -0.1) is 0 Å². The minimum atomic E-state index is -0.741. The molecule has 158 valence electrons. The Morgan fingerprint density at radius 3 is 2.55 bits per heavy atom. The van der Waals surface area contributed by atoms with E-state index in [2.05, 4.69) is 16.1 Å². The number of halogens is 2. The topological polar surface area (TPSA) is 109 Å². The van der Waals surface area contributed by atoms with Gasteiger partial charge < -0.3 is 14.8 Å². The van der Waals surface area contributed by atoms with Crippen LogP contribution >= 0.6 is 23.2 Å². The summed E-state index contributed by atoms with van der Waals surface area (Å²) in [5, 5.41) is 11.9. The molecule has 0 aromatic heterocycles. The van der Waals surface area contributed by atoms with Crippen molar-refractivity contribution in [2.45, 2.75) is 6.61 Å². The largest absolute Gasteiger partial charge is 0.486 e. The van der Waals surface area contributed by atoms with Gasteiger partial charge in [-0.05, 0) is 29.8 Å². The predicted molar refractivity (Wildman–Crippen MR) is 112 cm³/mol. The molecule has 31 heavy (non-hydrogen) atoms. The van der Waals surface area contributed by atoms with Crippen LogP contribution in [0.5, 0.6) is 5.75 Å². The smallest absolute Gasteiger partial charge is 0.329 e. The van der Waals surface area contributed by atoms with Crippen LogP contribution in [0.2, 0.25) is 10.0 Å². The summed E-state index contributed by atoms with van der Waals surface area (Å²) in [7, 11) is 1.16. The summed E-state index contributed by atoms with van der Waals surface area (Å²) >= 11 is 12.6. The van der Waals surface area contributed by atoms with E-state index in [0.717, 1.165) is 12.0 Å². The van der Waals surface area contributed by atoms with E-state index < -0.39 is 24.5 Å². The Bertz CT molecular complexity index is 1120. The number of carbonyl (C=O) groups excluding carboxylic acids is 3. The van der Waals surface area contributed by atoms with Crippen LogP contribution in [0, 0.1) is 11.3 Å². The van der Waals surface area contributed by atoms with Crippen LogP contribution in [0.4, 0.5) is 4.79 Å². The predicted octanol–water partition coefficient (Wildman–Crippen LogP) is 3.51. The zero-order chi connectivity index (χ0) is 22.5. The molecule has 1 heterocycles. The van der Waals surface area contributed by atoms with Crippen LogP contribution < -0.4 is 10.1 Å². The van der Waals surface area contributed by atoms with Crippen LogP contribution in [-0.2, 0) is 20.9 Å². The number of ether oxygens (including phenoxy) is 2. The van der Waals surface area contributed by atoms with E-state index in [-0.39, 0.29) is 28.1 Å². The SMILES string of the molecule is COC(=O)CN1C(=O)N/C(=C/c2cc(Cl)c(OCc3ccccc3C#N)c(Cl)c2)C1=O. The first-order valence-corrected chi connectivity index (χ1v) is 9.60. The monoisotopic (exact) mass is 459 g/mol. The molecule has 2 aromatic rings. The Balaban J connectivity index is 1.79. The number of imide groups is 1. The second kappa shape index (κ2) is 9.51. The lowest BCUT2D eigenvalue weighted by Gasteiger charge is -2.12. The molecule has 0 bridgehead atoms. The standard InChI is InChI=1S/C21H15Cl2N3O5/c1-30-18(27)10-26-20(28)17(25-21(26)29)8-12-6-15(22)19(16(23)7-12)31-11-14-5-3-2-4-13(14)9-24/h2-8H,10-11H2,1H3,(H,25,29)/b17-8+. The van der Waals surface area contributed by atoms with Gasteiger partial charge in [-0.3, -0.25) is 9.59 Å². The summed E-state index contributed by atoms with van der Waals surface area (Å²) in [6.45, 7) is -0.419. The molecule has 10 heteroatoms. The van der Waals surface area contributed by atoms with Crippen molar-refractivity contribution < 1.29 is 23.9 Å². The molecule has 0 radical (unpaired) electrons.